The van der Waals surface area contributed by atoms with E-state index in [2.05, 4.69) is 41.4 Å². The molecule has 0 saturated carbocycles. The van der Waals surface area contributed by atoms with Crippen LogP contribution in [0, 0.1) is 5.41 Å². The van der Waals surface area contributed by atoms with E-state index in [1.165, 1.54) is 0 Å². The average Bonchev–Trinajstić information content (AvgIpc) is 2.53. The Morgan fingerprint density at radius 2 is 1.71 bits per heavy atom. The number of nitrogens with zero attached hydrogens (tertiary/aromatic N) is 2. The summed E-state index contributed by atoms with van der Waals surface area (Å²) in [6.07, 6.45) is 1.12. The molecule has 4 heteroatoms. The maximum atomic E-state index is 4.63. The highest BCUT2D eigenvalue weighted by atomic mass is 15.1. The monoisotopic (exact) mass is 284 g/mol. The maximum Gasteiger partial charge on any atom is 0.163 e. The minimum absolute atomic E-state index is 0.248. The molecule has 2 N–H and O–H groups in total. The molecular formula is C17H24N4. The van der Waals surface area contributed by atoms with Crippen LogP contribution < -0.4 is 10.6 Å². The third-order valence-electron chi connectivity index (χ3n) is 3.72. The lowest BCUT2D eigenvalue weighted by Crippen LogP contribution is -2.22. The van der Waals surface area contributed by atoms with Gasteiger partial charge in [0.15, 0.2) is 5.82 Å². The summed E-state index contributed by atoms with van der Waals surface area (Å²) >= 11 is 0. The van der Waals surface area contributed by atoms with E-state index in [1.54, 1.807) is 0 Å². The molecule has 112 valence electrons. The van der Waals surface area contributed by atoms with E-state index in [0.29, 0.717) is 0 Å². The lowest BCUT2D eigenvalue weighted by atomic mass is 9.90. The SMILES string of the molecule is CCC(C)(C)CNc1cc(NC)nc(-c2ccccc2)n1. The standard InChI is InChI=1S/C17H24N4/c1-5-17(2,3)12-19-15-11-14(18-4)20-16(21-15)13-9-7-6-8-10-13/h6-11H,5,12H2,1-4H3,(H2,18,19,20,21). The molecule has 4 nitrogen and oxygen atoms in total. The second kappa shape index (κ2) is 6.57. The van der Waals surface area contributed by atoms with Crippen molar-refractivity contribution in [1.82, 2.24) is 9.97 Å². The van der Waals surface area contributed by atoms with Crippen LogP contribution in [0.15, 0.2) is 36.4 Å². The van der Waals surface area contributed by atoms with E-state index >= 15 is 0 Å². The highest BCUT2D eigenvalue weighted by Gasteiger charge is 2.15. The van der Waals surface area contributed by atoms with E-state index in [0.717, 1.165) is 36.0 Å². The van der Waals surface area contributed by atoms with Crippen molar-refractivity contribution < 1.29 is 0 Å². The first-order valence-corrected chi connectivity index (χ1v) is 7.40. The smallest absolute Gasteiger partial charge is 0.163 e. The van der Waals surface area contributed by atoms with Gasteiger partial charge < -0.3 is 10.6 Å². The van der Waals surface area contributed by atoms with Crippen molar-refractivity contribution in [2.75, 3.05) is 24.2 Å². The van der Waals surface area contributed by atoms with Gasteiger partial charge in [0.05, 0.1) is 0 Å². The number of nitrogens with one attached hydrogen (secondary N) is 2. The van der Waals surface area contributed by atoms with Gasteiger partial charge in [-0.15, -0.1) is 0 Å². The predicted octanol–water partition coefficient (Wildman–Crippen LogP) is 4.03. The summed E-state index contributed by atoms with van der Waals surface area (Å²) in [6.45, 7) is 7.59. The summed E-state index contributed by atoms with van der Waals surface area (Å²) in [7, 11) is 1.87. The van der Waals surface area contributed by atoms with Gasteiger partial charge in [0.2, 0.25) is 0 Å². The molecule has 0 aliphatic rings. The molecule has 0 spiro atoms. The Labute approximate surface area is 127 Å². The van der Waals surface area contributed by atoms with Crippen molar-refractivity contribution in [2.45, 2.75) is 27.2 Å². The lowest BCUT2D eigenvalue weighted by Gasteiger charge is -2.23. The third kappa shape index (κ3) is 4.18. The predicted molar refractivity (Wildman–Crippen MR) is 89.6 cm³/mol. The van der Waals surface area contributed by atoms with Crippen LogP contribution in [0.25, 0.3) is 11.4 Å². The van der Waals surface area contributed by atoms with E-state index in [9.17, 15) is 0 Å². The fraction of sp³-hybridized carbons (Fsp3) is 0.412. The van der Waals surface area contributed by atoms with Crippen molar-refractivity contribution in [1.29, 1.82) is 0 Å². The van der Waals surface area contributed by atoms with Crippen LogP contribution in [0.3, 0.4) is 0 Å². The summed E-state index contributed by atoms with van der Waals surface area (Å²) in [6, 6.07) is 12.0. The number of benzene rings is 1. The molecule has 0 radical (unpaired) electrons. The Morgan fingerprint density at radius 3 is 2.33 bits per heavy atom. The molecule has 2 rings (SSSR count). The van der Waals surface area contributed by atoms with Gasteiger partial charge in [-0.2, -0.15) is 0 Å². The summed E-state index contributed by atoms with van der Waals surface area (Å²) < 4.78 is 0. The zero-order chi connectivity index (χ0) is 15.3. The Morgan fingerprint density at radius 1 is 1.05 bits per heavy atom. The average molecular weight is 284 g/mol. The van der Waals surface area contributed by atoms with Gasteiger partial charge in [-0.3, -0.25) is 0 Å². The first-order valence-electron chi connectivity index (χ1n) is 7.40. The van der Waals surface area contributed by atoms with Crippen molar-refractivity contribution in [2.24, 2.45) is 5.41 Å². The van der Waals surface area contributed by atoms with Crippen LogP contribution in [0.4, 0.5) is 11.6 Å². The Bertz CT molecular complexity index is 579. The molecule has 1 heterocycles. The van der Waals surface area contributed by atoms with Crippen molar-refractivity contribution in [3.8, 4) is 11.4 Å². The summed E-state index contributed by atoms with van der Waals surface area (Å²) in [5.41, 5.74) is 1.27. The van der Waals surface area contributed by atoms with Crippen LogP contribution >= 0.6 is 0 Å². The van der Waals surface area contributed by atoms with Crippen molar-refractivity contribution in [3.05, 3.63) is 36.4 Å². The summed E-state index contributed by atoms with van der Waals surface area (Å²) in [4.78, 5) is 9.15. The molecule has 2 aromatic rings. The number of rotatable bonds is 6. The molecule has 0 amide bonds. The molecular weight excluding hydrogens is 260 g/mol. The van der Waals surface area contributed by atoms with Crippen molar-refractivity contribution >= 4 is 11.6 Å². The van der Waals surface area contributed by atoms with E-state index in [1.807, 2.05) is 43.4 Å². The van der Waals surface area contributed by atoms with Gasteiger partial charge >= 0.3 is 0 Å². The minimum atomic E-state index is 0.248. The first-order chi connectivity index (χ1) is 10.0. The summed E-state index contributed by atoms with van der Waals surface area (Å²) in [5, 5.41) is 6.53. The van der Waals surface area contributed by atoms with Crippen LogP contribution in [0.5, 0.6) is 0 Å². The molecule has 1 aromatic heterocycles. The van der Waals surface area contributed by atoms with E-state index in [4.69, 9.17) is 0 Å². The van der Waals surface area contributed by atoms with E-state index in [-0.39, 0.29) is 5.41 Å². The van der Waals surface area contributed by atoms with Crippen LogP contribution in [0.2, 0.25) is 0 Å². The summed E-state index contributed by atoms with van der Waals surface area (Å²) in [5.74, 6) is 2.41. The number of aromatic nitrogens is 2. The second-order valence-corrected chi connectivity index (χ2v) is 5.95. The van der Waals surface area contributed by atoms with Gasteiger partial charge in [0.25, 0.3) is 0 Å². The number of hydrogen-bond acceptors (Lipinski definition) is 4. The third-order valence-corrected chi connectivity index (χ3v) is 3.72. The first kappa shape index (κ1) is 15.3. The quantitative estimate of drug-likeness (QED) is 0.840. The van der Waals surface area contributed by atoms with Crippen LogP contribution in [-0.2, 0) is 0 Å². The van der Waals surface area contributed by atoms with Gasteiger partial charge in [0, 0.05) is 25.2 Å². The van der Waals surface area contributed by atoms with Gasteiger partial charge in [-0.1, -0.05) is 51.1 Å². The highest BCUT2D eigenvalue weighted by molar-refractivity contribution is 5.61. The molecule has 0 aliphatic carbocycles. The molecule has 0 fully saturated rings. The second-order valence-electron chi connectivity index (χ2n) is 5.95. The fourth-order valence-electron chi connectivity index (χ4n) is 1.84. The van der Waals surface area contributed by atoms with Gasteiger partial charge in [0.1, 0.15) is 11.6 Å². The largest absolute Gasteiger partial charge is 0.373 e. The number of anilines is 2. The lowest BCUT2D eigenvalue weighted by molar-refractivity contribution is 0.376. The molecule has 0 saturated heterocycles. The topological polar surface area (TPSA) is 49.8 Å². The van der Waals surface area contributed by atoms with E-state index < -0.39 is 0 Å². The normalized spacial score (nSPS) is 11.2. The van der Waals surface area contributed by atoms with Gasteiger partial charge in [-0.05, 0) is 11.8 Å². The molecule has 21 heavy (non-hydrogen) atoms. The molecule has 0 atom stereocenters. The molecule has 1 aromatic carbocycles. The zero-order valence-corrected chi connectivity index (χ0v) is 13.3. The molecule has 0 bridgehead atoms. The Hall–Kier alpha value is -2.10. The Kier molecular flexibility index (Phi) is 4.78. The maximum absolute atomic E-state index is 4.63. The van der Waals surface area contributed by atoms with Crippen molar-refractivity contribution in [3.63, 3.8) is 0 Å². The Balaban J connectivity index is 2.26. The molecule has 0 unspecified atom stereocenters. The highest BCUT2D eigenvalue weighted by Crippen LogP contribution is 2.23. The zero-order valence-electron chi connectivity index (χ0n) is 13.3. The van der Waals surface area contributed by atoms with Crippen LogP contribution in [-0.4, -0.2) is 23.6 Å². The fourth-order valence-corrected chi connectivity index (χ4v) is 1.84. The number of hydrogen-bond donors (Lipinski definition) is 2. The minimum Gasteiger partial charge on any atom is -0.373 e. The van der Waals surface area contributed by atoms with Crippen LogP contribution in [0.1, 0.15) is 27.2 Å². The molecule has 0 aliphatic heterocycles. The van der Waals surface area contributed by atoms with Gasteiger partial charge in [-0.25, -0.2) is 9.97 Å².